The Balaban J connectivity index is 1.84. The Morgan fingerprint density at radius 2 is 1.92 bits per heavy atom. The SMILES string of the molecule is COc1cccc2ccc(CCc3ccccc3N=C(N)CCl)nc12. The summed E-state index contributed by atoms with van der Waals surface area (Å²) in [6.07, 6.45) is 1.63. The molecule has 5 heteroatoms. The molecule has 0 aliphatic heterocycles. The molecule has 0 aliphatic carbocycles. The Hall–Kier alpha value is -2.59. The van der Waals surface area contributed by atoms with Gasteiger partial charge in [-0.25, -0.2) is 9.98 Å². The third-order valence-electron chi connectivity index (χ3n) is 4.00. The van der Waals surface area contributed by atoms with Gasteiger partial charge in [-0.1, -0.05) is 36.4 Å². The molecule has 0 saturated heterocycles. The molecule has 0 radical (unpaired) electrons. The minimum absolute atomic E-state index is 0.223. The van der Waals surface area contributed by atoms with Crippen molar-refractivity contribution in [2.75, 3.05) is 13.0 Å². The first-order valence-electron chi connectivity index (χ1n) is 8.11. The molecule has 0 spiro atoms. The normalized spacial score (nSPS) is 11.7. The number of fused-ring (bicyclic) bond motifs is 1. The van der Waals surface area contributed by atoms with E-state index in [9.17, 15) is 0 Å². The fraction of sp³-hybridized carbons (Fsp3) is 0.200. The molecule has 0 saturated carbocycles. The maximum atomic E-state index is 5.77. The van der Waals surface area contributed by atoms with Crippen molar-refractivity contribution in [1.82, 2.24) is 4.98 Å². The summed E-state index contributed by atoms with van der Waals surface area (Å²) in [5.74, 6) is 1.43. The number of aryl methyl sites for hydroxylation is 2. The number of pyridine rings is 1. The molecule has 0 fully saturated rings. The monoisotopic (exact) mass is 353 g/mol. The lowest BCUT2D eigenvalue weighted by Crippen LogP contribution is -2.12. The zero-order chi connectivity index (χ0) is 17.6. The summed E-state index contributed by atoms with van der Waals surface area (Å²) < 4.78 is 5.41. The predicted octanol–water partition coefficient (Wildman–Crippen LogP) is 4.26. The number of para-hydroxylation sites is 2. The van der Waals surface area contributed by atoms with Crippen LogP contribution in [-0.4, -0.2) is 23.8 Å². The van der Waals surface area contributed by atoms with E-state index in [1.165, 1.54) is 0 Å². The van der Waals surface area contributed by atoms with Gasteiger partial charge in [0.25, 0.3) is 0 Å². The molecule has 4 nitrogen and oxygen atoms in total. The lowest BCUT2D eigenvalue weighted by atomic mass is 10.1. The molecule has 2 aromatic carbocycles. The highest BCUT2D eigenvalue weighted by molar-refractivity contribution is 6.28. The van der Waals surface area contributed by atoms with Crippen LogP contribution in [0.3, 0.4) is 0 Å². The number of aromatic nitrogens is 1. The average Bonchev–Trinajstić information content (AvgIpc) is 2.66. The van der Waals surface area contributed by atoms with Gasteiger partial charge >= 0.3 is 0 Å². The number of methoxy groups -OCH3 is 1. The van der Waals surface area contributed by atoms with Gasteiger partial charge in [0, 0.05) is 11.1 Å². The van der Waals surface area contributed by atoms with Crippen molar-refractivity contribution in [3.05, 3.63) is 65.9 Å². The molecule has 2 N–H and O–H groups in total. The number of hydrogen-bond acceptors (Lipinski definition) is 3. The minimum Gasteiger partial charge on any atom is -0.494 e. The highest BCUT2D eigenvalue weighted by atomic mass is 35.5. The molecule has 0 unspecified atom stereocenters. The number of nitrogens with two attached hydrogens (primary N) is 1. The van der Waals surface area contributed by atoms with Crippen molar-refractivity contribution in [2.24, 2.45) is 10.7 Å². The van der Waals surface area contributed by atoms with Crippen molar-refractivity contribution in [3.63, 3.8) is 0 Å². The van der Waals surface area contributed by atoms with Gasteiger partial charge < -0.3 is 10.5 Å². The second-order valence-electron chi connectivity index (χ2n) is 5.70. The Morgan fingerprint density at radius 1 is 1.08 bits per heavy atom. The summed E-state index contributed by atoms with van der Waals surface area (Å²) in [4.78, 5) is 9.15. The average molecular weight is 354 g/mol. The topological polar surface area (TPSA) is 60.5 Å². The lowest BCUT2D eigenvalue weighted by molar-refractivity contribution is 0.419. The van der Waals surface area contributed by atoms with Gasteiger partial charge in [0.05, 0.1) is 18.7 Å². The summed E-state index contributed by atoms with van der Waals surface area (Å²) in [6, 6.07) is 18.0. The van der Waals surface area contributed by atoms with Crippen LogP contribution in [0.2, 0.25) is 0 Å². The summed E-state index contributed by atoms with van der Waals surface area (Å²) in [7, 11) is 1.67. The first-order chi connectivity index (χ1) is 12.2. The van der Waals surface area contributed by atoms with E-state index in [1.54, 1.807) is 7.11 Å². The van der Waals surface area contributed by atoms with Crippen molar-refractivity contribution in [1.29, 1.82) is 0 Å². The molecule has 0 bridgehead atoms. The second kappa shape index (κ2) is 7.99. The maximum absolute atomic E-state index is 5.77. The van der Waals surface area contributed by atoms with Gasteiger partial charge in [0.1, 0.15) is 17.1 Å². The van der Waals surface area contributed by atoms with Gasteiger partial charge in [0.2, 0.25) is 0 Å². The van der Waals surface area contributed by atoms with Gasteiger partial charge in [-0.15, -0.1) is 11.6 Å². The molecule has 25 heavy (non-hydrogen) atoms. The predicted molar refractivity (Wildman–Crippen MR) is 104 cm³/mol. The first-order valence-corrected chi connectivity index (χ1v) is 8.64. The largest absolute Gasteiger partial charge is 0.494 e. The Labute approximate surface area is 152 Å². The van der Waals surface area contributed by atoms with E-state index in [2.05, 4.69) is 23.2 Å². The quantitative estimate of drug-likeness (QED) is 0.409. The minimum atomic E-state index is 0.223. The molecule has 1 aromatic heterocycles. The molecule has 3 aromatic rings. The van der Waals surface area contributed by atoms with E-state index in [-0.39, 0.29) is 5.88 Å². The number of amidine groups is 1. The van der Waals surface area contributed by atoms with E-state index in [1.807, 2.05) is 36.4 Å². The zero-order valence-corrected chi connectivity index (χ0v) is 14.8. The van der Waals surface area contributed by atoms with Gasteiger partial charge in [-0.2, -0.15) is 0 Å². The van der Waals surface area contributed by atoms with Crippen LogP contribution in [-0.2, 0) is 12.8 Å². The molecular formula is C20H20ClN3O. The number of ether oxygens (including phenoxy) is 1. The standard InChI is InChI=1S/C20H20ClN3O/c1-25-18-8-4-6-15-10-12-16(23-20(15)18)11-9-14-5-2-3-7-17(14)24-19(22)13-21/h2-8,10,12H,9,11,13H2,1H3,(H2,22,24). The Kier molecular flexibility index (Phi) is 5.51. The van der Waals surface area contributed by atoms with Crippen molar-refractivity contribution in [3.8, 4) is 5.75 Å². The summed E-state index contributed by atoms with van der Waals surface area (Å²) in [6.45, 7) is 0. The number of halogens is 1. The lowest BCUT2D eigenvalue weighted by Gasteiger charge is -2.08. The van der Waals surface area contributed by atoms with Crippen molar-refractivity contribution in [2.45, 2.75) is 12.8 Å². The zero-order valence-electron chi connectivity index (χ0n) is 14.1. The first kappa shape index (κ1) is 17.2. The summed E-state index contributed by atoms with van der Waals surface area (Å²) in [5, 5.41) is 1.07. The van der Waals surface area contributed by atoms with E-state index in [4.69, 9.17) is 27.1 Å². The fourth-order valence-electron chi connectivity index (χ4n) is 2.74. The molecule has 128 valence electrons. The van der Waals surface area contributed by atoms with E-state index >= 15 is 0 Å². The van der Waals surface area contributed by atoms with Gasteiger partial charge in [-0.3, -0.25) is 0 Å². The number of benzene rings is 2. The van der Waals surface area contributed by atoms with E-state index in [0.717, 1.165) is 46.4 Å². The number of hydrogen-bond donors (Lipinski definition) is 1. The van der Waals surface area contributed by atoms with Crippen LogP contribution >= 0.6 is 11.6 Å². The van der Waals surface area contributed by atoms with Crippen LogP contribution in [0.5, 0.6) is 5.75 Å². The summed E-state index contributed by atoms with van der Waals surface area (Å²) >= 11 is 5.73. The van der Waals surface area contributed by atoms with Gasteiger partial charge in [-0.05, 0) is 36.6 Å². The second-order valence-corrected chi connectivity index (χ2v) is 5.97. The van der Waals surface area contributed by atoms with Crippen LogP contribution in [0.1, 0.15) is 11.3 Å². The van der Waals surface area contributed by atoms with Crippen molar-refractivity contribution >= 4 is 34.0 Å². The maximum Gasteiger partial charge on any atom is 0.145 e. The Bertz CT molecular complexity index is 908. The van der Waals surface area contributed by atoms with Crippen LogP contribution in [0.25, 0.3) is 10.9 Å². The Morgan fingerprint density at radius 3 is 2.72 bits per heavy atom. The summed E-state index contributed by atoms with van der Waals surface area (Å²) in [5.41, 5.74) is 9.65. The fourth-order valence-corrected chi connectivity index (χ4v) is 2.80. The smallest absolute Gasteiger partial charge is 0.145 e. The number of alkyl halides is 1. The van der Waals surface area contributed by atoms with E-state index in [0.29, 0.717) is 5.84 Å². The number of aliphatic imine (C=N–C) groups is 1. The molecule has 3 rings (SSSR count). The molecule has 0 aliphatic rings. The molecule has 1 heterocycles. The molecule has 0 amide bonds. The van der Waals surface area contributed by atoms with Crippen LogP contribution in [0.15, 0.2) is 59.6 Å². The van der Waals surface area contributed by atoms with Crippen LogP contribution in [0, 0.1) is 0 Å². The number of nitrogens with zero attached hydrogens (tertiary/aromatic N) is 2. The van der Waals surface area contributed by atoms with Crippen LogP contribution < -0.4 is 10.5 Å². The van der Waals surface area contributed by atoms with Crippen molar-refractivity contribution < 1.29 is 4.74 Å². The third kappa shape index (κ3) is 4.09. The molecular weight excluding hydrogens is 334 g/mol. The van der Waals surface area contributed by atoms with Crippen LogP contribution in [0.4, 0.5) is 5.69 Å². The number of rotatable bonds is 6. The highest BCUT2D eigenvalue weighted by Gasteiger charge is 2.06. The highest BCUT2D eigenvalue weighted by Crippen LogP contribution is 2.25. The van der Waals surface area contributed by atoms with E-state index < -0.39 is 0 Å². The van der Waals surface area contributed by atoms with Gasteiger partial charge in [0.15, 0.2) is 0 Å². The molecule has 0 atom stereocenters. The third-order valence-corrected chi connectivity index (χ3v) is 4.28.